The number of hydrogen-bond donors (Lipinski definition) is 0. The maximum absolute atomic E-state index is 12.6. The van der Waals surface area contributed by atoms with E-state index in [-0.39, 0.29) is 5.56 Å². The molecular weight excluding hydrogens is 238 g/mol. The first kappa shape index (κ1) is 10.4. The summed E-state index contributed by atoms with van der Waals surface area (Å²) in [6, 6.07) is 15.3. The number of aryl methyl sites for hydroxylation is 1. The maximum atomic E-state index is 12.6. The summed E-state index contributed by atoms with van der Waals surface area (Å²) in [5.41, 5.74) is 3.16. The zero-order valence-electron chi connectivity index (χ0n) is 10.4. The molecule has 0 saturated heterocycles. The normalized spacial score (nSPS) is 11.6. The fraction of sp³-hybridized carbons (Fsp3) is 0.0625. The van der Waals surface area contributed by atoms with Crippen LogP contribution in [0.25, 0.3) is 27.6 Å². The second-order valence-electron chi connectivity index (χ2n) is 4.78. The van der Waals surface area contributed by atoms with Crippen molar-refractivity contribution in [3.05, 3.63) is 64.4 Å². The molecule has 0 atom stereocenters. The lowest BCUT2D eigenvalue weighted by atomic mass is 10.2. The van der Waals surface area contributed by atoms with E-state index in [9.17, 15) is 4.79 Å². The summed E-state index contributed by atoms with van der Waals surface area (Å²) in [5, 5.41) is 1.62. The number of nitrogens with zero attached hydrogens (tertiary/aromatic N) is 1. The van der Waals surface area contributed by atoms with E-state index in [1.54, 1.807) is 4.40 Å². The van der Waals surface area contributed by atoms with Gasteiger partial charge in [-0.25, -0.2) is 4.40 Å². The maximum Gasteiger partial charge on any atom is 0.269 e. The van der Waals surface area contributed by atoms with E-state index in [1.807, 2.05) is 55.5 Å². The number of benzene rings is 2. The van der Waals surface area contributed by atoms with Gasteiger partial charge in [0.2, 0.25) is 5.71 Å². The van der Waals surface area contributed by atoms with Gasteiger partial charge in [0.25, 0.3) is 5.56 Å². The molecule has 0 fully saturated rings. The lowest BCUT2D eigenvalue weighted by molar-refractivity contribution is 0.630. The molecule has 0 saturated carbocycles. The van der Waals surface area contributed by atoms with E-state index >= 15 is 0 Å². The van der Waals surface area contributed by atoms with Gasteiger partial charge in [-0.05, 0) is 30.7 Å². The molecule has 0 aliphatic rings. The largest absolute Gasteiger partial charge is 0.439 e. The smallest absolute Gasteiger partial charge is 0.269 e. The van der Waals surface area contributed by atoms with Crippen molar-refractivity contribution in [2.45, 2.75) is 6.92 Å². The van der Waals surface area contributed by atoms with Crippen molar-refractivity contribution < 1.29 is 4.42 Å². The molecule has 0 N–H and O–H groups in total. The summed E-state index contributed by atoms with van der Waals surface area (Å²) < 4.78 is 7.49. The summed E-state index contributed by atoms with van der Waals surface area (Å²) in [4.78, 5) is 12.6. The number of para-hydroxylation sites is 1. The Morgan fingerprint density at radius 3 is 2.79 bits per heavy atom. The summed E-state index contributed by atoms with van der Waals surface area (Å²) in [7, 11) is 0. The van der Waals surface area contributed by atoms with E-state index in [0.717, 1.165) is 16.5 Å². The van der Waals surface area contributed by atoms with E-state index < -0.39 is 0 Å². The van der Waals surface area contributed by atoms with Crippen molar-refractivity contribution in [2.24, 2.45) is 0 Å². The van der Waals surface area contributed by atoms with Crippen LogP contribution in [-0.2, 0) is 0 Å². The third kappa shape index (κ3) is 1.35. The third-order valence-corrected chi connectivity index (χ3v) is 3.46. The zero-order chi connectivity index (χ0) is 13.0. The van der Waals surface area contributed by atoms with Crippen LogP contribution in [0.3, 0.4) is 0 Å². The number of fused-ring (bicyclic) bond motifs is 4. The van der Waals surface area contributed by atoms with Gasteiger partial charge in [0.15, 0.2) is 0 Å². The van der Waals surface area contributed by atoms with E-state index in [0.29, 0.717) is 16.7 Å². The van der Waals surface area contributed by atoms with Gasteiger partial charge >= 0.3 is 0 Å². The van der Waals surface area contributed by atoms with Gasteiger partial charge in [-0.1, -0.05) is 24.3 Å². The van der Waals surface area contributed by atoms with Crippen LogP contribution in [0.5, 0.6) is 0 Å². The van der Waals surface area contributed by atoms with Crippen molar-refractivity contribution in [2.75, 3.05) is 0 Å². The lowest BCUT2D eigenvalue weighted by Crippen LogP contribution is -2.12. The molecule has 19 heavy (non-hydrogen) atoms. The Bertz CT molecular complexity index is 992. The molecule has 0 bridgehead atoms. The molecule has 2 aromatic carbocycles. The second kappa shape index (κ2) is 3.48. The summed E-state index contributed by atoms with van der Waals surface area (Å²) in [6.45, 7) is 1.98. The summed E-state index contributed by atoms with van der Waals surface area (Å²) in [5.74, 6) is 0. The SMILES string of the molecule is Cc1ccc2c(=O)n3c(cc4ccccc43)oc2c1. The number of rotatable bonds is 0. The molecule has 0 spiro atoms. The topological polar surface area (TPSA) is 34.6 Å². The Morgan fingerprint density at radius 2 is 1.89 bits per heavy atom. The predicted octanol–water partition coefficient (Wildman–Crippen LogP) is 3.51. The molecule has 92 valence electrons. The Kier molecular flexibility index (Phi) is 1.90. The highest BCUT2D eigenvalue weighted by molar-refractivity contribution is 5.88. The molecule has 2 aromatic heterocycles. The van der Waals surface area contributed by atoms with Gasteiger partial charge in [0, 0.05) is 11.5 Å². The quantitative estimate of drug-likeness (QED) is 0.478. The van der Waals surface area contributed by atoms with Crippen molar-refractivity contribution in [1.29, 1.82) is 0 Å². The molecular formula is C16H11NO2. The fourth-order valence-corrected chi connectivity index (χ4v) is 2.54. The van der Waals surface area contributed by atoms with Gasteiger partial charge < -0.3 is 4.42 Å². The van der Waals surface area contributed by atoms with Crippen LogP contribution >= 0.6 is 0 Å². The Labute approximate surface area is 108 Å². The molecule has 4 rings (SSSR count). The fourth-order valence-electron chi connectivity index (χ4n) is 2.54. The molecule has 2 heterocycles. The van der Waals surface area contributed by atoms with Crippen molar-refractivity contribution in [1.82, 2.24) is 4.40 Å². The third-order valence-electron chi connectivity index (χ3n) is 3.46. The average molecular weight is 249 g/mol. The predicted molar refractivity (Wildman–Crippen MR) is 75.7 cm³/mol. The molecule has 3 heteroatoms. The second-order valence-corrected chi connectivity index (χ2v) is 4.78. The van der Waals surface area contributed by atoms with Gasteiger partial charge in [-0.2, -0.15) is 0 Å². The first-order valence-corrected chi connectivity index (χ1v) is 6.18. The van der Waals surface area contributed by atoms with E-state index in [4.69, 9.17) is 4.42 Å². The van der Waals surface area contributed by atoms with Crippen LogP contribution in [-0.4, -0.2) is 4.40 Å². The minimum absolute atomic E-state index is 0.0301. The first-order chi connectivity index (χ1) is 9.24. The lowest BCUT2D eigenvalue weighted by Gasteiger charge is -2.01. The molecule has 0 unspecified atom stereocenters. The molecule has 0 aliphatic carbocycles. The van der Waals surface area contributed by atoms with Crippen molar-refractivity contribution in [3.8, 4) is 0 Å². The summed E-state index contributed by atoms with van der Waals surface area (Å²) >= 11 is 0. The Balaban J connectivity index is 2.34. The van der Waals surface area contributed by atoms with Crippen LogP contribution in [0.4, 0.5) is 0 Å². The number of aromatic nitrogens is 1. The molecule has 0 amide bonds. The standard InChI is InChI=1S/C16H11NO2/c1-10-6-7-12-14(8-10)19-15-9-11-4-2-3-5-13(11)17(15)16(12)18/h2-9H,1H3. The Hall–Kier alpha value is -2.55. The minimum atomic E-state index is -0.0301. The molecule has 0 radical (unpaired) electrons. The molecule has 3 nitrogen and oxygen atoms in total. The van der Waals surface area contributed by atoms with E-state index in [2.05, 4.69) is 0 Å². The summed E-state index contributed by atoms with van der Waals surface area (Å²) in [6.07, 6.45) is 0. The highest BCUT2D eigenvalue weighted by Gasteiger charge is 2.10. The van der Waals surface area contributed by atoms with Crippen LogP contribution < -0.4 is 5.56 Å². The zero-order valence-corrected chi connectivity index (χ0v) is 10.4. The van der Waals surface area contributed by atoms with Gasteiger partial charge in [0.1, 0.15) is 5.58 Å². The first-order valence-electron chi connectivity index (χ1n) is 6.18. The highest BCUT2D eigenvalue weighted by atomic mass is 16.3. The minimum Gasteiger partial charge on any atom is -0.439 e. The van der Waals surface area contributed by atoms with Gasteiger partial charge in [-0.15, -0.1) is 0 Å². The monoisotopic (exact) mass is 249 g/mol. The van der Waals surface area contributed by atoms with Crippen LogP contribution in [0.15, 0.2) is 57.7 Å². The van der Waals surface area contributed by atoms with Crippen molar-refractivity contribution in [3.63, 3.8) is 0 Å². The molecule has 0 aliphatic heterocycles. The molecule has 4 aromatic rings. The van der Waals surface area contributed by atoms with Crippen LogP contribution in [0.1, 0.15) is 5.56 Å². The Morgan fingerprint density at radius 1 is 1.05 bits per heavy atom. The van der Waals surface area contributed by atoms with Gasteiger partial charge in [-0.3, -0.25) is 4.79 Å². The highest BCUT2D eigenvalue weighted by Crippen LogP contribution is 2.22. The average Bonchev–Trinajstić information content (AvgIpc) is 2.76. The van der Waals surface area contributed by atoms with E-state index in [1.165, 1.54) is 0 Å². The number of hydrogen-bond acceptors (Lipinski definition) is 2. The van der Waals surface area contributed by atoms with Gasteiger partial charge in [0.05, 0.1) is 10.9 Å². The van der Waals surface area contributed by atoms with Crippen LogP contribution in [0, 0.1) is 6.92 Å². The van der Waals surface area contributed by atoms with Crippen molar-refractivity contribution >= 4 is 27.6 Å². The van der Waals surface area contributed by atoms with Crippen LogP contribution in [0.2, 0.25) is 0 Å².